The van der Waals surface area contributed by atoms with Gasteiger partial charge in [0.1, 0.15) is 0 Å². The van der Waals surface area contributed by atoms with Gasteiger partial charge >= 0.3 is 5.97 Å². The molecule has 2 aromatic heterocycles. The fourth-order valence-corrected chi connectivity index (χ4v) is 1.94. The molecule has 0 radical (unpaired) electrons. The first kappa shape index (κ1) is 11.7. The van der Waals surface area contributed by atoms with Gasteiger partial charge in [-0.15, -0.1) is 11.3 Å². The summed E-state index contributed by atoms with van der Waals surface area (Å²) in [7, 11) is 0. The second kappa shape index (κ2) is 5.05. The second-order valence-corrected chi connectivity index (χ2v) is 4.59. The van der Waals surface area contributed by atoms with Gasteiger partial charge in [0.2, 0.25) is 5.89 Å². The first-order chi connectivity index (χ1) is 8.13. The molecular weight excluding hydrogens is 242 g/mol. The van der Waals surface area contributed by atoms with Crippen LogP contribution in [0, 0.1) is 6.92 Å². The molecule has 0 amide bonds. The van der Waals surface area contributed by atoms with E-state index in [1.807, 2.05) is 12.3 Å². The summed E-state index contributed by atoms with van der Waals surface area (Å²) in [6.07, 6.45) is 0.775. The Morgan fingerprint density at radius 3 is 3.00 bits per heavy atom. The number of hydrogen-bond acceptors (Lipinski definition) is 6. The minimum Gasteiger partial charge on any atom is -0.481 e. The van der Waals surface area contributed by atoms with Crippen LogP contribution >= 0.6 is 11.3 Å². The standard InChI is InChI=1S/C10H11N3O3S/c1-6-11-7(5-17-6)4-8-12-9(16-13-8)2-3-10(14)15/h5H,2-4H2,1H3,(H,14,15). The van der Waals surface area contributed by atoms with Crippen LogP contribution in [0.1, 0.15) is 28.8 Å². The number of carboxylic acid groups (broad SMARTS) is 1. The highest BCUT2D eigenvalue weighted by molar-refractivity contribution is 7.09. The molecule has 7 heteroatoms. The van der Waals surface area contributed by atoms with E-state index in [0.29, 0.717) is 18.1 Å². The maximum Gasteiger partial charge on any atom is 0.303 e. The summed E-state index contributed by atoms with van der Waals surface area (Å²) in [6.45, 7) is 1.93. The Morgan fingerprint density at radius 2 is 2.35 bits per heavy atom. The molecule has 90 valence electrons. The van der Waals surface area contributed by atoms with Crippen LogP contribution in [0.15, 0.2) is 9.90 Å². The number of aliphatic carboxylic acids is 1. The quantitative estimate of drug-likeness (QED) is 0.867. The molecular formula is C10H11N3O3S. The van der Waals surface area contributed by atoms with Crippen molar-refractivity contribution in [1.29, 1.82) is 0 Å². The lowest BCUT2D eigenvalue weighted by atomic mass is 10.3. The third-order valence-electron chi connectivity index (χ3n) is 2.07. The van der Waals surface area contributed by atoms with Gasteiger partial charge in [-0.3, -0.25) is 4.79 Å². The van der Waals surface area contributed by atoms with E-state index in [0.717, 1.165) is 10.7 Å². The fourth-order valence-electron chi connectivity index (χ4n) is 1.33. The Labute approximate surface area is 101 Å². The van der Waals surface area contributed by atoms with E-state index in [4.69, 9.17) is 9.63 Å². The van der Waals surface area contributed by atoms with Gasteiger partial charge in [-0.05, 0) is 6.92 Å². The van der Waals surface area contributed by atoms with Gasteiger partial charge in [-0.1, -0.05) is 5.16 Å². The first-order valence-corrected chi connectivity index (χ1v) is 5.95. The van der Waals surface area contributed by atoms with Crippen LogP contribution in [0.2, 0.25) is 0 Å². The van der Waals surface area contributed by atoms with Crippen molar-refractivity contribution in [3.05, 3.63) is 27.8 Å². The van der Waals surface area contributed by atoms with E-state index >= 15 is 0 Å². The zero-order valence-electron chi connectivity index (χ0n) is 9.21. The van der Waals surface area contributed by atoms with Crippen molar-refractivity contribution in [2.75, 3.05) is 0 Å². The lowest BCUT2D eigenvalue weighted by molar-refractivity contribution is -0.137. The van der Waals surface area contributed by atoms with Crippen molar-refractivity contribution in [3.8, 4) is 0 Å². The van der Waals surface area contributed by atoms with Crippen LogP contribution < -0.4 is 0 Å². The molecule has 0 aliphatic heterocycles. The van der Waals surface area contributed by atoms with Crippen molar-refractivity contribution < 1.29 is 14.4 Å². The topological polar surface area (TPSA) is 89.1 Å². The molecule has 0 spiro atoms. The molecule has 0 aromatic carbocycles. The van der Waals surface area contributed by atoms with Crippen LogP contribution in [-0.2, 0) is 17.6 Å². The summed E-state index contributed by atoms with van der Waals surface area (Å²) in [6, 6.07) is 0. The molecule has 2 heterocycles. The van der Waals surface area contributed by atoms with Gasteiger partial charge in [0.15, 0.2) is 5.82 Å². The number of aryl methyl sites for hydroxylation is 2. The van der Waals surface area contributed by atoms with Crippen LogP contribution in [0.5, 0.6) is 0 Å². The molecule has 0 aliphatic rings. The van der Waals surface area contributed by atoms with Crippen LogP contribution in [0.4, 0.5) is 0 Å². The molecule has 2 rings (SSSR count). The summed E-state index contributed by atoms with van der Waals surface area (Å²) in [4.78, 5) is 18.8. The molecule has 2 aromatic rings. The number of nitrogens with zero attached hydrogens (tertiary/aromatic N) is 3. The zero-order chi connectivity index (χ0) is 12.3. The predicted octanol–water partition coefficient (Wildman–Crippen LogP) is 1.44. The molecule has 0 saturated heterocycles. The average molecular weight is 253 g/mol. The number of carbonyl (C=O) groups is 1. The Balaban J connectivity index is 1.96. The van der Waals surface area contributed by atoms with Gasteiger partial charge in [0, 0.05) is 11.8 Å². The lowest BCUT2D eigenvalue weighted by Gasteiger charge is -1.88. The molecule has 0 bridgehead atoms. The van der Waals surface area contributed by atoms with Crippen molar-refractivity contribution in [1.82, 2.24) is 15.1 Å². The highest BCUT2D eigenvalue weighted by atomic mass is 32.1. The molecule has 17 heavy (non-hydrogen) atoms. The van der Waals surface area contributed by atoms with Crippen LogP contribution in [0.25, 0.3) is 0 Å². The Kier molecular flexibility index (Phi) is 3.48. The largest absolute Gasteiger partial charge is 0.481 e. The van der Waals surface area contributed by atoms with Crippen LogP contribution in [-0.4, -0.2) is 26.2 Å². The first-order valence-electron chi connectivity index (χ1n) is 5.08. The number of hydrogen-bond donors (Lipinski definition) is 1. The van der Waals surface area contributed by atoms with Gasteiger partial charge in [0.05, 0.1) is 23.5 Å². The summed E-state index contributed by atoms with van der Waals surface area (Å²) >= 11 is 1.57. The number of thiazole rings is 1. The van der Waals surface area contributed by atoms with Crippen molar-refractivity contribution in [3.63, 3.8) is 0 Å². The second-order valence-electron chi connectivity index (χ2n) is 3.53. The molecule has 0 unspecified atom stereocenters. The molecule has 0 aliphatic carbocycles. The summed E-state index contributed by atoms with van der Waals surface area (Å²) in [5.74, 6) is 0.0184. The van der Waals surface area contributed by atoms with E-state index < -0.39 is 5.97 Å². The van der Waals surface area contributed by atoms with E-state index in [9.17, 15) is 4.79 Å². The summed E-state index contributed by atoms with van der Waals surface area (Å²) in [5, 5.41) is 15.2. The zero-order valence-corrected chi connectivity index (χ0v) is 10.0. The Hall–Kier alpha value is -1.76. The van der Waals surface area contributed by atoms with E-state index in [1.165, 1.54) is 0 Å². The maximum atomic E-state index is 10.4. The SMILES string of the molecule is Cc1nc(Cc2noc(CCC(=O)O)n2)cs1. The molecule has 0 atom stereocenters. The minimum atomic E-state index is -0.875. The summed E-state index contributed by atoms with van der Waals surface area (Å²) < 4.78 is 4.95. The third kappa shape index (κ3) is 3.35. The normalized spacial score (nSPS) is 10.6. The smallest absolute Gasteiger partial charge is 0.303 e. The van der Waals surface area contributed by atoms with E-state index in [2.05, 4.69) is 15.1 Å². The van der Waals surface area contributed by atoms with Gasteiger partial charge in [0.25, 0.3) is 0 Å². The monoisotopic (exact) mass is 253 g/mol. The van der Waals surface area contributed by atoms with Crippen molar-refractivity contribution >= 4 is 17.3 Å². The lowest BCUT2D eigenvalue weighted by Crippen LogP contribution is -1.98. The van der Waals surface area contributed by atoms with E-state index in [-0.39, 0.29) is 12.8 Å². The van der Waals surface area contributed by atoms with Crippen LogP contribution in [0.3, 0.4) is 0 Å². The average Bonchev–Trinajstić information content (AvgIpc) is 2.86. The number of carboxylic acids is 1. The fraction of sp³-hybridized carbons (Fsp3) is 0.400. The van der Waals surface area contributed by atoms with Gasteiger partial charge in [-0.25, -0.2) is 4.98 Å². The van der Waals surface area contributed by atoms with E-state index in [1.54, 1.807) is 11.3 Å². The summed E-state index contributed by atoms with van der Waals surface area (Å²) in [5.41, 5.74) is 0.901. The maximum absolute atomic E-state index is 10.4. The number of aromatic nitrogens is 3. The highest BCUT2D eigenvalue weighted by Crippen LogP contribution is 2.11. The van der Waals surface area contributed by atoms with Crippen molar-refractivity contribution in [2.24, 2.45) is 0 Å². The van der Waals surface area contributed by atoms with Gasteiger partial charge < -0.3 is 9.63 Å². The number of rotatable bonds is 5. The van der Waals surface area contributed by atoms with Crippen molar-refractivity contribution in [2.45, 2.75) is 26.2 Å². The molecule has 0 fully saturated rings. The molecule has 6 nitrogen and oxygen atoms in total. The molecule has 1 N–H and O–H groups in total. The van der Waals surface area contributed by atoms with Gasteiger partial charge in [-0.2, -0.15) is 4.98 Å². The third-order valence-corrected chi connectivity index (χ3v) is 2.89. The Morgan fingerprint density at radius 1 is 1.53 bits per heavy atom. The highest BCUT2D eigenvalue weighted by Gasteiger charge is 2.10. The predicted molar refractivity (Wildman–Crippen MR) is 59.9 cm³/mol. The molecule has 0 saturated carbocycles. The Bertz CT molecular complexity index is 520. The minimum absolute atomic E-state index is 0.00254.